The van der Waals surface area contributed by atoms with E-state index in [4.69, 9.17) is 17.3 Å². The minimum atomic E-state index is -0.542. The molecule has 0 heterocycles. The smallest absolute Gasteiger partial charge is 0.224 e. The fraction of sp³-hybridized carbons (Fsp3) is 0.500. The number of carbonyl (C=O) groups excluding carboxylic acids is 1. The number of amides is 1. The van der Waals surface area contributed by atoms with E-state index < -0.39 is 5.41 Å². The number of rotatable bonds is 6. The first-order chi connectivity index (χ1) is 8.36. The molecule has 0 bridgehead atoms. The fourth-order valence-corrected chi connectivity index (χ4v) is 1.78. The number of nitrogens with one attached hydrogen (secondary N) is 1. The maximum absolute atomic E-state index is 11.3. The molecule has 0 saturated heterocycles. The predicted octanol–water partition coefficient (Wildman–Crippen LogP) is 2.89. The van der Waals surface area contributed by atoms with Gasteiger partial charge in [-0.3, -0.25) is 4.79 Å². The lowest BCUT2D eigenvalue weighted by Gasteiger charge is -2.25. The van der Waals surface area contributed by atoms with E-state index in [1.54, 1.807) is 0 Å². The topological polar surface area (TPSA) is 55.1 Å². The molecule has 1 unspecified atom stereocenters. The number of nitrogens with two attached hydrogens (primary N) is 1. The van der Waals surface area contributed by atoms with Crippen molar-refractivity contribution in [2.75, 3.05) is 6.54 Å². The van der Waals surface area contributed by atoms with Crippen LogP contribution in [-0.4, -0.2) is 12.5 Å². The van der Waals surface area contributed by atoms with Gasteiger partial charge in [-0.1, -0.05) is 30.7 Å². The summed E-state index contributed by atoms with van der Waals surface area (Å²) in [7, 11) is 0. The van der Waals surface area contributed by atoms with E-state index >= 15 is 0 Å². The highest BCUT2D eigenvalue weighted by Gasteiger charge is 2.25. The Morgan fingerprint density at radius 1 is 1.39 bits per heavy atom. The largest absolute Gasteiger partial charge is 0.369 e. The molecular formula is C14H21ClN2O. The zero-order valence-corrected chi connectivity index (χ0v) is 11.9. The van der Waals surface area contributed by atoms with Crippen LogP contribution in [0.3, 0.4) is 0 Å². The van der Waals surface area contributed by atoms with Crippen LogP contribution < -0.4 is 11.1 Å². The first-order valence-electron chi connectivity index (χ1n) is 6.15. The summed E-state index contributed by atoms with van der Waals surface area (Å²) in [6.07, 6.45) is 0.941. The molecule has 1 aromatic rings. The van der Waals surface area contributed by atoms with Gasteiger partial charge < -0.3 is 11.1 Å². The van der Waals surface area contributed by atoms with Crippen molar-refractivity contribution in [2.45, 2.75) is 33.2 Å². The van der Waals surface area contributed by atoms with Crippen molar-refractivity contribution in [2.24, 2.45) is 11.1 Å². The van der Waals surface area contributed by atoms with Gasteiger partial charge in [0.25, 0.3) is 0 Å². The lowest BCUT2D eigenvalue weighted by molar-refractivity contribution is -0.125. The second-order valence-electron chi connectivity index (χ2n) is 5.14. The number of benzene rings is 1. The van der Waals surface area contributed by atoms with Gasteiger partial charge >= 0.3 is 0 Å². The van der Waals surface area contributed by atoms with Gasteiger partial charge in [0.2, 0.25) is 5.91 Å². The molecule has 1 amide bonds. The SMILES string of the molecule is CCC(NCC(C)(C)C(N)=O)c1ccc(Cl)cc1. The van der Waals surface area contributed by atoms with Crippen molar-refractivity contribution in [3.8, 4) is 0 Å². The third-order valence-corrected chi connectivity index (χ3v) is 3.39. The van der Waals surface area contributed by atoms with Crippen LogP contribution in [-0.2, 0) is 4.79 Å². The third kappa shape index (κ3) is 4.00. The molecular weight excluding hydrogens is 248 g/mol. The van der Waals surface area contributed by atoms with Gasteiger partial charge in [0, 0.05) is 17.6 Å². The average molecular weight is 269 g/mol. The van der Waals surface area contributed by atoms with Gasteiger partial charge in [-0.05, 0) is 38.0 Å². The summed E-state index contributed by atoms with van der Waals surface area (Å²) in [6.45, 7) is 6.35. The summed E-state index contributed by atoms with van der Waals surface area (Å²) in [5.41, 5.74) is 5.99. The minimum absolute atomic E-state index is 0.209. The maximum atomic E-state index is 11.3. The van der Waals surface area contributed by atoms with Gasteiger partial charge in [0.1, 0.15) is 0 Å². The van der Waals surface area contributed by atoms with Gasteiger partial charge in [-0.15, -0.1) is 0 Å². The first-order valence-corrected chi connectivity index (χ1v) is 6.53. The van der Waals surface area contributed by atoms with Gasteiger partial charge in [-0.2, -0.15) is 0 Å². The maximum Gasteiger partial charge on any atom is 0.224 e. The van der Waals surface area contributed by atoms with Crippen molar-refractivity contribution in [1.82, 2.24) is 5.32 Å². The van der Waals surface area contributed by atoms with Crippen LogP contribution in [0.4, 0.5) is 0 Å². The van der Waals surface area contributed by atoms with Crippen molar-refractivity contribution >= 4 is 17.5 Å². The van der Waals surface area contributed by atoms with Crippen LogP contribution >= 0.6 is 11.6 Å². The average Bonchev–Trinajstić information content (AvgIpc) is 2.31. The fourth-order valence-electron chi connectivity index (χ4n) is 1.66. The highest BCUT2D eigenvalue weighted by Crippen LogP contribution is 2.21. The molecule has 4 heteroatoms. The molecule has 0 aromatic heterocycles. The van der Waals surface area contributed by atoms with E-state index in [0.717, 1.165) is 11.4 Å². The molecule has 0 aliphatic heterocycles. The van der Waals surface area contributed by atoms with E-state index in [0.29, 0.717) is 6.54 Å². The summed E-state index contributed by atoms with van der Waals surface area (Å²) >= 11 is 5.87. The molecule has 1 atom stereocenters. The van der Waals surface area contributed by atoms with Gasteiger partial charge in [0.15, 0.2) is 0 Å². The summed E-state index contributed by atoms with van der Waals surface area (Å²) in [5.74, 6) is -0.291. The van der Waals surface area contributed by atoms with E-state index in [-0.39, 0.29) is 11.9 Å². The zero-order valence-electron chi connectivity index (χ0n) is 11.2. The number of carbonyl (C=O) groups is 1. The molecule has 0 radical (unpaired) electrons. The van der Waals surface area contributed by atoms with Crippen LogP contribution in [0.5, 0.6) is 0 Å². The van der Waals surface area contributed by atoms with Crippen molar-refractivity contribution in [3.05, 3.63) is 34.9 Å². The number of hydrogen-bond acceptors (Lipinski definition) is 2. The molecule has 0 aliphatic rings. The molecule has 1 aromatic carbocycles. The highest BCUT2D eigenvalue weighted by molar-refractivity contribution is 6.30. The third-order valence-electron chi connectivity index (χ3n) is 3.14. The number of primary amides is 1. The summed E-state index contributed by atoms with van der Waals surface area (Å²) in [6, 6.07) is 7.96. The molecule has 3 N–H and O–H groups in total. The zero-order chi connectivity index (χ0) is 13.8. The number of hydrogen-bond donors (Lipinski definition) is 2. The van der Waals surface area contributed by atoms with Gasteiger partial charge in [0.05, 0.1) is 5.41 Å². The van der Waals surface area contributed by atoms with E-state index in [2.05, 4.69) is 12.2 Å². The van der Waals surface area contributed by atoms with E-state index in [9.17, 15) is 4.79 Å². The second-order valence-corrected chi connectivity index (χ2v) is 5.58. The van der Waals surface area contributed by atoms with Crippen molar-refractivity contribution < 1.29 is 4.79 Å². The normalized spacial score (nSPS) is 13.3. The summed E-state index contributed by atoms with van der Waals surface area (Å²) < 4.78 is 0. The first kappa shape index (κ1) is 15.0. The molecule has 0 saturated carbocycles. The Labute approximate surface area is 114 Å². The van der Waals surface area contributed by atoms with Crippen LogP contribution in [0.25, 0.3) is 0 Å². The Morgan fingerprint density at radius 2 is 1.94 bits per heavy atom. The second kappa shape index (κ2) is 6.21. The molecule has 3 nitrogen and oxygen atoms in total. The van der Waals surface area contributed by atoms with Crippen LogP contribution in [0.2, 0.25) is 5.02 Å². The molecule has 0 fully saturated rings. The van der Waals surface area contributed by atoms with Gasteiger partial charge in [-0.25, -0.2) is 0 Å². The molecule has 18 heavy (non-hydrogen) atoms. The quantitative estimate of drug-likeness (QED) is 0.834. The minimum Gasteiger partial charge on any atom is -0.369 e. The Balaban J connectivity index is 2.68. The molecule has 1 rings (SSSR count). The summed E-state index contributed by atoms with van der Waals surface area (Å²) in [4.78, 5) is 11.3. The molecule has 0 aliphatic carbocycles. The predicted molar refractivity (Wildman–Crippen MR) is 75.5 cm³/mol. The summed E-state index contributed by atoms with van der Waals surface area (Å²) in [5, 5.41) is 4.11. The Hall–Kier alpha value is -1.06. The van der Waals surface area contributed by atoms with Crippen LogP contribution in [0.1, 0.15) is 38.8 Å². The molecule has 0 spiro atoms. The number of halogens is 1. The van der Waals surface area contributed by atoms with E-state index in [1.165, 1.54) is 5.56 Å². The molecule has 100 valence electrons. The Kier molecular flexibility index (Phi) is 5.17. The Morgan fingerprint density at radius 3 is 2.39 bits per heavy atom. The standard InChI is InChI=1S/C14H21ClN2O/c1-4-12(10-5-7-11(15)8-6-10)17-9-14(2,3)13(16)18/h5-8,12,17H,4,9H2,1-3H3,(H2,16,18). The van der Waals surface area contributed by atoms with Crippen LogP contribution in [0, 0.1) is 5.41 Å². The lowest BCUT2D eigenvalue weighted by Crippen LogP contribution is -2.41. The highest BCUT2D eigenvalue weighted by atomic mass is 35.5. The van der Waals surface area contributed by atoms with Crippen LogP contribution in [0.15, 0.2) is 24.3 Å². The van der Waals surface area contributed by atoms with E-state index in [1.807, 2.05) is 38.1 Å². The lowest BCUT2D eigenvalue weighted by atomic mass is 9.91. The Bertz CT molecular complexity index is 401. The monoisotopic (exact) mass is 268 g/mol. The van der Waals surface area contributed by atoms with Crippen molar-refractivity contribution in [1.29, 1.82) is 0 Å². The van der Waals surface area contributed by atoms with Crippen molar-refractivity contribution in [3.63, 3.8) is 0 Å².